The second-order valence-corrected chi connectivity index (χ2v) is 8.90. The van der Waals surface area contributed by atoms with Crippen molar-refractivity contribution in [2.75, 3.05) is 24.4 Å². The summed E-state index contributed by atoms with van der Waals surface area (Å²) in [7, 11) is 1.62. The number of aromatic amines is 2. The first-order valence-corrected chi connectivity index (χ1v) is 11.1. The maximum atomic E-state index is 9.60. The van der Waals surface area contributed by atoms with E-state index in [0.717, 1.165) is 29.7 Å². The molecule has 1 saturated heterocycles. The summed E-state index contributed by atoms with van der Waals surface area (Å²) >= 11 is 0. The van der Waals surface area contributed by atoms with E-state index >= 15 is 0 Å². The summed E-state index contributed by atoms with van der Waals surface area (Å²) in [6, 6.07) is 8.21. The van der Waals surface area contributed by atoms with E-state index in [0.29, 0.717) is 40.7 Å². The lowest BCUT2D eigenvalue weighted by Crippen LogP contribution is -2.40. The molecule has 1 atom stereocenters. The molecule has 4 aromatic rings. The van der Waals surface area contributed by atoms with Crippen LogP contribution < -0.4 is 15.4 Å². The zero-order valence-electron chi connectivity index (χ0n) is 19.3. The van der Waals surface area contributed by atoms with E-state index in [1.165, 1.54) is 0 Å². The number of methoxy groups -OCH3 is 1. The van der Waals surface area contributed by atoms with Crippen molar-refractivity contribution >= 4 is 28.5 Å². The first-order chi connectivity index (χ1) is 16.5. The fourth-order valence-electron chi connectivity index (χ4n) is 4.33. The quantitative estimate of drug-likeness (QED) is 0.335. The Bertz CT molecular complexity index is 1350. The topological polar surface area (TPSA) is 137 Å². The van der Waals surface area contributed by atoms with Crippen LogP contribution in [0.15, 0.2) is 36.8 Å². The van der Waals surface area contributed by atoms with Crippen LogP contribution in [-0.2, 0) is 4.74 Å². The van der Waals surface area contributed by atoms with Crippen LogP contribution in [0.4, 0.5) is 17.5 Å². The number of benzene rings is 1. The smallest absolute Gasteiger partial charge is 0.231 e. The highest BCUT2D eigenvalue weighted by Gasteiger charge is 2.29. The molecule has 1 aromatic carbocycles. The van der Waals surface area contributed by atoms with Gasteiger partial charge >= 0.3 is 0 Å². The molecule has 4 N–H and O–H groups in total. The number of anilines is 3. The van der Waals surface area contributed by atoms with Gasteiger partial charge in [-0.05, 0) is 44.4 Å². The summed E-state index contributed by atoms with van der Waals surface area (Å²) in [6.07, 6.45) is 6.92. The summed E-state index contributed by atoms with van der Waals surface area (Å²) in [6.45, 7) is 4.84. The summed E-state index contributed by atoms with van der Waals surface area (Å²) < 4.78 is 11.5. The Balaban J connectivity index is 1.49. The second kappa shape index (κ2) is 8.68. The fraction of sp³-hybridized carbons (Fsp3) is 0.333. The summed E-state index contributed by atoms with van der Waals surface area (Å²) in [5.41, 5.74) is 3.51. The van der Waals surface area contributed by atoms with Gasteiger partial charge in [0.1, 0.15) is 23.3 Å². The number of fused-ring (bicyclic) bond motifs is 1. The summed E-state index contributed by atoms with van der Waals surface area (Å²) in [5, 5.41) is 23.9. The van der Waals surface area contributed by atoms with Gasteiger partial charge in [0.15, 0.2) is 0 Å². The zero-order valence-corrected chi connectivity index (χ0v) is 19.3. The number of nitrogens with one attached hydrogen (secondary N) is 4. The van der Waals surface area contributed by atoms with Crippen molar-refractivity contribution in [3.05, 3.63) is 42.4 Å². The van der Waals surface area contributed by atoms with Gasteiger partial charge in [0.05, 0.1) is 35.5 Å². The third kappa shape index (κ3) is 4.25. The zero-order chi connectivity index (χ0) is 23.7. The average molecular weight is 459 g/mol. The first-order valence-electron chi connectivity index (χ1n) is 11.1. The highest BCUT2D eigenvalue weighted by molar-refractivity contribution is 5.93. The van der Waals surface area contributed by atoms with Gasteiger partial charge in [0, 0.05) is 30.6 Å². The normalized spacial score (nSPS) is 17.3. The van der Waals surface area contributed by atoms with Crippen molar-refractivity contribution in [3.63, 3.8) is 0 Å². The fourth-order valence-corrected chi connectivity index (χ4v) is 4.33. The van der Waals surface area contributed by atoms with Crippen LogP contribution in [0, 0.1) is 11.3 Å². The molecule has 0 saturated carbocycles. The van der Waals surface area contributed by atoms with Gasteiger partial charge in [-0.25, -0.2) is 0 Å². The van der Waals surface area contributed by atoms with E-state index in [2.05, 4.69) is 50.7 Å². The van der Waals surface area contributed by atoms with E-state index in [9.17, 15) is 5.26 Å². The molecule has 0 amide bonds. The Kier molecular flexibility index (Phi) is 5.55. The number of ether oxygens (including phenoxy) is 2. The highest BCUT2D eigenvalue weighted by Crippen LogP contribution is 2.34. The molecule has 4 heterocycles. The number of hydrogen-bond donors (Lipinski definition) is 4. The predicted molar refractivity (Wildman–Crippen MR) is 129 cm³/mol. The number of hydrogen-bond acceptors (Lipinski definition) is 8. The van der Waals surface area contributed by atoms with Crippen LogP contribution in [0.2, 0.25) is 0 Å². The molecule has 0 aliphatic carbocycles. The lowest BCUT2D eigenvalue weighted by atomic mass is 9.94. The molecular formula is C24H26N8O2. The van der Waals surface area contributed by atoms with Crippen molar-refractivity contribution in [1.29, 1.82) is 5.26 Å². The van der Waals surface area contributed by atoms with Gasteiger partial charge in [-0.1, -0.05) is 6.07 Å². The monoisotopic (exact) mass is 458 g/mol. The average Bonchev–Trinajstić information content (AvgIpc) is 3.49. The standard InChI is InChI=1S/C24H26N8O2/c1-24(2)9-17(6-7-34-24)29-22-20-15(10-25)11-26-21(20)31-23(32-22)30-18-5-4-14(8-19(18)33-3)16-12-27-28-13-16/h4-5,8,11-13,17H,6-7,9H2,1-3H3,(H,27,28)(H3,26,29,30,31,32). The number of nitriles is 1. The van der Waals surface area contributed by atoms with Gasteiger partial charge in [-0.2, -0.15) is 20.3 Å². The van der Waals surface area contributed by atoms with Crippen LogP contribution in [0.25, 0.3) is 22.2 Å². The van der Waals surface area contributed by atoms with Crippen LogP contribution >= 0.6 is 0 Å². The summed E-state index contributed by atoms with van der Waals surface area (Å²) in [4.78, 5) is 12.5. The largest absolute Gasteiger partial charge is 0.495 e. The molecule has 1 aliphatic heterocycles. The van der Waals surface area contributed by atoms with Crippen LogP contribution in [0.5, 0.6) is 5.75 Å². The molecule has 5 rings (SSSR count). The Morgan fingerprint density at radius 2 is 2.12 bits per heavy atom. The van der Waals surface area contributed by atoms with E-state index in [1.807, 2.05) is 24.4 Å². The minimum Gasteiger partial charge on any atom is -0.495 e. The molecule has 174 valence electrons. The molecule has 10 nitrogen and oxygen atoms in total. The van der Waals surface area contributed by atoms with Crippen LogP contribution in [0.1, 0.15) is 32.3 Å². The number of rotatable bonds is 6. The molecule has 1 aliphatic rings. The molecule has 10 heteroatoms. The van der Waals surface area contributed by atoms with Crippen LogP contribution in [-0.4, -0.2) is 50.5 Å². The Morgan fingerprint density at radius 1 is 1.24 bits per heavy atom. The van der Waals surface area contributed by atoms with E-state index < -0.39 is 0 Å². The SMILES string of the molecule is COc1cc(-c2cn[nH]c2)ccc1Nc1nc(NC2CCOC(C)(C)C2)c2c(C#N)c[nH]c2n1. The highest BCUT2D eigenvalue weighted by atomic mass is 16.5. The van der Waals surface area contributed by atoms with E-state index in [4.69, 9.17) is 14.5 Å². The van der Waals surface area contributed by atoms with Gasteiger partial charge in [0.2, 0.25) is 5.95 Å². The molecule has 34 heavy (non-hydrogen) atoms. The van der Waals surface area contributed by atoms with Crippen molar-refractivity contribution < 1.29 is 9.47 Å². The molecule has 0 spiro atoms. The number of nitrogens with zero attached hydrogens (tertiary/aromatic N) is 4. The first kappa shape index (κ1) is 21.7. The molecule has 1 fully saturated rings. The van der Waals surface area contributed by atoms with E-state index in [-0.39, 0.29) is 11.6 Å². The van der Waals surface area contributed by atoms with Gasteiger partial charge < -0.3 is 25.1 Å². The van der Waals surface area contributed by atoms with E-state index in [1.54, 1.807) is 19.5 Å². The lowest BCUT2D eigenvalue weighted by molar-refractivity contribution is -0.0553. The lowest BCUT2D eigenvalue weighted by Gasteiger charge is -2.36. The van der Waals surface area contributed by atoms with Crippen molar-refractivity contribution in [2.24, 2.45) is 0 Å². The molecule has 3 aromatic heterocycles. The maximum Gasteiger partial charge on any atom is 0.231 e. The van der Waals surface area contributed by atoms with Crippen LogP contribution in [0.3, 0.4) is 0 Å². The maximum absolute atomic E-state index is 9.60. The van der Waals surface area contributed by atoms with Crippen molar-refractivity contribution in [2.45, 2.75) is 38.3 Å². The predicted octanol–water partition coefficient (Wildman–Crippen LogP) is 4.34. The molecular weight excluding hydrogens is 432 g/mol. The molecule has 1 unspecified atom stereocenters. The van der Waals surface area contributed by atoms with Gasteiger partial charge in [-0.15, -0.1) is 0 Å². The third-order valence-corrected chi connectivity index (χ3v) is 5.97. The third-order valence-electron chi connectivity index (χ3n) is 5.97. The minimum atomic E-state index is -0.219. The molecule has 0 bridgehead atoms. The number of H-pyrrole nitrogens is 2. The second-order valence-electron chi connectivity index (χ2n) is 8.90. The Labute approximate surface area is 196 Å². The van der Waals surface area contributed by atoms with Crippen molar-refractivity contribution in [3.8, 4) is 22.9 Å². The minimum absolute atomic E-state index is 0.167. The Morgan fingerprint density at radius 3 is 2.85 bits per heavy atom. The Hall–Kier alpha value is -4.10. The van der Waals surface area contributed by atoms with Gasteiger partial charge in [0.25, 0.3) is 0 Å². The summed E-state index contributed by atoms with van der Waals surface area (Å²) in [5.74, 6) is 1.65. The number of aromatic nitrogens is 5. The van der Waals surface area contributed by atoms with Gasteiger partial charge in [-0.3, -0.25) is 5.10 Å². The van der Waals surface area contributed by atoms with Crippen molar-refractivity contribution in [1.82, 2.24) is 25.1 Å². The molecule has 0 radical (unpaired) electrons.